The largest absolute Gasteiger partial charge is 0.369 e. The minimum Gasteiger partial charge on any atom is -0.369 e. The maximum atomic E-state index is 11.9. The van der Waals surface area contributed by atoms with Crippen LogP contribution in [0.1, 0.15) is 36.0 Å². The molecule has 26 heavy (non-hydrogen) atoms. The standard InChI is InChI=1S/C20H24N4O2/c1-13-9-14(2)16-11-15(12-21)19(24-17(16)10-13)22-6-4-7-23-20(25)18-5-3-8-26-18/h9-11,18H,3-8H2,1-2H3,(H,22,24)(H,23,25). The Bertz CT molecular complexity index is 851. The summed E-state index contributed by atoms with van der Waals surface area (Å²) in [6, 6.07) is 8.22. The Morgan fingerprint density at radius 2 is 2.19 bits per heavy atom. The second-order valence-electron chi connectivity index (χ2n) is 6.72. The Hall–Kier alpha value is -2.65. The van der Waals surface area contributed by atoms with E-state index in [0.717, 1.165) is 41.3 Å². The monoisotopic (exact) mass is 352 g/mol. The summed E-state index contributed by atoms with van der Waals surface area (Å²) < 4.78 is 5.36. The van der Waals surface area contributed by atoms with Crippen LogP contribution in [0.5, 0.6) is 0 Å². The molecule has 1 saturated heterocycles. The van der Waals surface area contributed by atoms with Gasteiger partial charge in [-0.2, -0.15) is 5.26 Å². The van der Waals surface area contributed by atoms with Gasteiger partial charge in [0.15, 0.2) is 0 Å². The lowest BCUT2D eigenvalue weighted by Crippen LogP contribution is -2.35. The van der Waals surface area contributed by atoms with Gasteiger partial charge in [-0.25, -0.2) is 4.98 Å². The molecule has 0 saturated carbocycles. The summed E-state index contributed by atoms with van der Waals surface area (Å²) in [4.78, 5) is 16.5. The molecule has 1 aromatic heterocycles. The van der Waals surface area contributed by atoms with Crippen LogP contribution in [0, 0.1) is 25.2 Å². The molecule has 2 N–H and O–H groups in total. The third-order valence-corrected chi connectivity index (χ3v) is 4.57. The number of anilines is 1. The van der Waals surface area contributed by atoms with Crippen molar-refractivity contribution in [3.63, 3.8) is 0 Å². The number of rotatable bonds is 6. The number of hydrogen-bond donors (Lipinski definition) is 2. The first-order chi connectivity index (χ1) is 12.6. The number of aryl methyl sites for hydroxylation is 2. The molecular weight excluding hydrogens is 328 g/mol. The molecule has 1 atom stereocenters. The second-order valence-corrected chi connectivity index (χ2v) is 6.72. The molecule has 1 fully saturated rings. The fourth-order valence-electron chi connectivity index (χ4n) is 3.26. The number of nitrogens with zero attached hydrogens (tertiary/aromatic N) is 2. The van der Waals surface area contributed by atoms with Crippen LogP contribution in [0.2, 0.25) is 0 Å². The van der Waals surface area contributed by atoms with E-state index >= 15 is 0 Å². The SMILES string of the molecule is Cc1cc(C)c2cc(C#N)c(NCCCNC(=O)C3CCCO3)nc2c1. The lowest BCUT2D eigenvalue weighted by molar-refractivity contribution is -0.130. The number of nitriles is 1. The minimum atomic E-state index is -0.290. The van der Waals surface area contributed by atoms with E-state index in [1.807, 2.05) is 26.0 Å². The zero-order valence-corrected chi connectivity index (χ0v) is 15.3. The Kier molecular flexibility index (Phi) is 5.69. The van der Waals surface area contributed by atoms with Crippen molar-refractivity contribution in [2.45, 2.75) is 39.2 Å². The minimum absolute atomic E-state index is 0.0324. The highest BCUT2D eigenvalue weighted by Gasteiger charge is 2.22. The maximum Gasteiger partial charge on any atom is 0.249 e. The topological polar surface area (TPSA) is 87.0 Å². The average Bonchev–Trinajstić information content (AvgIpc) is 3.15. The molecule has 0 spiro atoms. The highest BCUT2D eigenvalue weighted by atomic mass is 16.5. The van der Waals surface area contributed by atoms with E-state index in [4.69, 9.17) is 4.74 Å². The number of amides is 1. The van der Waals surface area contributed by atoms with Crippen molar-refractivity contribution in [2.75, 3.05) is 25.0 Å². The van der Waals surface area contributed by atoms with E-state index in [2.05, 4.69) is 27.8 Å². The van der Waals surface area contributed by atoms with Crippen LogP contribution in [-0.4, -0.2) is 36.7 Å². The number of carbonyl (C=O) groups excluding carboxylic acids is 1. The van der Waals surface area contributed by atoms with Crippen molar-refractivity contribution >= 4 is 22.6 Å². The lowest BCUT2D eigenvalue weighted by Gasteiger charge is -2.12. The molecule has 0 aliphatic carbocycles. The Labute approximate surface area is 153 Å². The van der Waals surface area contributed by atoms with Gasteiger partial charge in [0.2, 0.25) is 5.91 Å². The lowest BCUT2D eigenvalue weighted by atomic mass is 10.0. The third-order valence-electron chi connectivity index (χ3n) is 4.57. The van der Waals surface area contributed by atoms with Gasteiger partial charge in [-0.1, -0.05) is 6.07 Å². The van der Waals surface area contributed by atoms with E-state index in [-0.39, 0.29) is 12.0 Å². The zero-order chi connectivity index (χ0) is 18.5. The molecular formula is C20H24N4O2. The van der Waals surface area contributed by atoms with Crippen molar-refractivity contribution in [3.8, 4) is 6.07 Å². The number of carbonyl (C=O) groups is 1. The van der Waals surface area contributed by atoms with Gasteiger partial charge < -0.3 is 15.4 Å². The summed E-state index contributed by atoms with van der Waals surface area (Å²) >= 11 is 0. The van der Waals surface area contributed by atoms with Crippen LogP contribution in [0.25, 0.3) is 10.9 Å². The summed E-state index contributed by atoms with van der Waals surface area (Å²) in [7, 11) is 0. The van der Waals surface area contributed by atoms with Crippen LogP contribution in [0.3, 0.4) is 0 Å². The van der Waals surface area contributed by atoms with E-state index in [0.29, 0.717) is 31.1 Å². The van der Waals surface area contributed by atoms with Crippen LogP contribution in [-0.2, 0) is 9.53 Å². The molecule has 1 aliphatic rings. The summed E-state index contributed by atoms with van der Waals surface area (Å²) in [5.74, 6) is 0.561. The van der Waals surface area contributed by atoms with Crippen molar-refractivity contribution < 1.29 is 9.53 Å². The first-order valence-electron chi connectivity index (χ1n) is 9.04. The van der Waals surface area contributed by atoms with Crippen LogP contribution in [0.4, 0.5) is 5.82 Å². The van der Waals surface area contributed by atoms with Crippen molar-refractivity contribution in [3.05, 3.63) is 34.9 Å². The Morgan fingerprint density at radius 1 is 1.35 bits per heavy atom. The molecule has 136 valence electrons. The van der Waals surface area contributed by atoms with Crippen LogP contribution < -0.4 is 10.6 Å². The molecule has 0 radical (unpaired) electrons. The molecule has 1 aliphatic heterocycles. The fraction of sp³-hybridized carbons (Fsp3) is 0.450. The maximum absolute atomic E-state index is 11.9. The number of ether oxygens (including phenoxy) is 1. The van der Waals surface area contributed by atoms with Crippen molar-refractivity contribution in [2.24, 2.45) is 0 Å². The number of nitrogens with one attached hydrogen (secondary N) is 2. The Morgan fingerprint density at radius 3 is 2.92 bits per heavy atom. The zero-order valence-electron chi connectivity index (χ0n) is 15.3. The van der Waals surface area contributed by atoms with E-state index in [1.165, 1.54) is 0 Å². The van der Waals surface area contributed by atoms with E-state index in [9.17, 15) is 10.1 Å². The molecule has 2 heterocycles. The van der Waals surface area contributed by atoms with Gasteiger partial charge in [0.25, 0.3) is 0 Å². The number of benzene rings is 1. The molecule has 0 bridgehead atoms. The van der Waals surface area contributed by atoms with Gasteiger partial charge in [0.1, 0.15) is 18.0 Å². The predicted octanol–water partition coefficient (Wildman–Crippen LogP) is 2.82. The molecule has 3 rings (SSSR count). The van der Waals surface area contributed by atoms with Gasteiger partial charge in [0, 0.05) is 25.1 Å². The first kappa shape index (κ1) is 18.2. The van der Waals surface area contributed by atoms with Crippen LogP contribution >= 0.6 is 0 Å². The van der Waals surface area contributed by atoms with Gasteiger partial charge >= 0.3 is 0 Å². The molecule has 6 heteroatoms. The summed E-state index contributed by atoms with van der Waals surface area (Å²) in [6.07, 6.45) is 2.20. The van der Waals surface area contributed by atoms with Crippen molar-refractivity contribution in [1.82, 2.24) is 10.3 Å². The molecule has 1 aromatic carbocycles. The highest BCUT2D eigenvalue weighted by molar-refractivity contribution is 5.86. The summed E-state index contributed by atoms with van der Waals surface area (Å²) in [5.41, 5.74) is 3.69. The van der Waals surface area contributed by atoms with Crippen molar-refractivity contribution in [1.29, 1.82) is 5.26 Å². The number of pyridine rings is 1. The third kappa shape index (κ3) is 4.12. The predicted molar refractivity (Wildman–Crippen MR) is 101 cm³/mol. The van der Waals surface area contributed by atoms with E-state index < -0.39 is 0 Å². The fourth-order valence-corrected chi connectivity index (χ4v) is 3.26. The number of aromatic nitrogens is 1. The Balaban J connectivity index is 1.58. The summed E-state index contributed by atoms with van der Waals surface area (Å²) in [6.45, 7) is 5.94. The first-order valence-corrected chi connectivity index (χ1v) is 9.04. The highest BCUT2D eigenvalue weighted by Crippen LogP contribution is 2.24. The van der Waals surface area contributed by atoms with Gasteiger partial charge in [-0.05, 0) is 56.4 Å². The van der Waals surface area contributed by atoms with Gasteiger partial charge in [-0.15, -0.1) is 0 Å². The van der Waals surface area contributed by atoms with Gasteiger partial charge in [-0.3, -0.25) is 4.79 Å². The number of hydrogen-bond acceptors (Lipinski definition) is 5. The van der Waals surface area contributed by atoms with Crippen LogP contribution in [0.15, 0.2) is 18.2 Å². The van der Waals surface area contributed by atoms with E-state index in [1.54, 1.807) is 0 Å². The van der Waals surface area contributed by atoms with Gasteiger partial charge in [0.05, 0.1) is 11.1 Å². The molecule has 6 nitrogen and oxygen atoms in total. The quantitative estimate of drug-likeness (QED) is 0.781. The second kappa shape index (κ2) is 8.15. The smallest absolute Gasteiger partial charge is 0.249 e. The molecule has 1 unspecified atom stereocenters. The summed E-state index contributed by atoms with van der Waals surface area (Å²) in [5, 5.41) is 16.5. The normalized spacial score (nSPS) is 16.4. The average molecular weight is 352 g/mol. The molecule has 2 aromatic rings. The molecule has 1 amide bonds. The number of fused-ring (bicyclic) bond motifs is 1.